The number of hydrogen-bond donors (Lipinski definition) is 1. The third-order valence-electron chi connectivity index (χ3n) is 4.97. The maximum atomic E-state index is 12.5. The van der Waals surface area contributed by atoms with Gasteiger partial charge in [0, 0.05) is 39.3 Å². The fourth-order valence-electron chi connectivity index (χ4n) is 3.31. The molecule has 30 heavy (non-hydrogen) atoms. The van der Waals surface area contributed by atoms with Gasteiger partial charge in [-0.2, -0.15) is 0 Å². The van der Waals surface area contributed by atoms with Crippen LogP contribution in [0.4, 0.5) is 4.79 Å². The second-order valence-corrected chi connectivity index (χ2v) is 8.52. The zero-order valence-electron chi connectivity index (χ0n) is 17.9. The number of benzene rings is 1. The highest BCUT2D eigenvalue weighted by atomic mass is 16.6. The predicted octanol–water partition coefficient (Wildman–Crippen LogP) is 2.24. The summed E-state index contributed by atoms with van der Waals surface area (Å²) < 4.78 is 6.84. The molecule has 0 atom stereocenters. The van der Waals surface area contributed by atoms with E-state index in [0.717, 1.165) is 5.56 Å². The van der Waals surface area contributed by atoms with Gasteiger partial charge in [0.15, 0.2) is 0 Å². The highest BCUT2D eigenvalue weighted by molar-refractivity contribution is 5.68. The Labute approximate surface area is 176 Å². The smallest absolute Gasteiger partial charge is 0.410 e. The fourth-order valence-corrected chi connectivity index (χ4v) is 3.31. The van der Waals surface area contributed by atoms with Crippen LogP contribution < -0.4 is 5.56 Å². The van der Waals surface area contributed by atoms with Crippen LogP contribution in [0.5, 0.6) is 5.75 Å². The highest BCUT2D eigenvalue weighted by Crippen LogP contribution is 2.15. The van der Waals surface area contributed by atoms with Crippen molar-refractivity contribution in [1.82, 2.24) is 19.4 Å². The first-order valence-electron chi connectivity index (χ1n) is 10.2. The van der Waals surface area contributed by atoms with E-state index in [1.807, 2.05) is 51.1 Å². The molecule has 2 heterocycles. The Balaban J connectivity index is 1.55. The van der Waals surface area contributed by atoms with Gasteiger partial charge in [-0.3, -0.25) is 14.3 Å². The largest absolute Gasteiger partial charge is 0.502 e. The molecule has 0 spiro atoms. The maximum Gasteiger partial charge on any atom is 0.410 e. The Hall–Kier alpha value is -2.87. The molecule has 2 aromatic rings. The molecule has 0 radical (unpaired) electrons. The Morgan fingerprint density at radius 1 is 1.13 bits per heavy atom. The Kier molecular flexibility index (Phi) is 6.77. The molecule has 1 aromatic heterocycles. The molecule has 1 fully saturated rings. The summed E-state index contributed by atoms with van der Waals surface area (Å²) in [5.74, 6) is -0.305. The van der Waals surface area contributed by atoms with Crippen LogP contribution in [0.1, 0.15) is 32.0 Å². The van der Waals surface area contributed by atoms with Gasteiger partial charge in [-0.1, -0.05) is 30.3 Å². The van der Waals surface area contributed by atoms with Crippen molar-refractivity contribution in [2.24, 2.45) is 0 Å². The lowest BCUT2D eigenvalue weighted by Gasteiger charge is -2.35. The van der Waals surface area contributed by atoms with Crippen molar-refractivity contribution in [1.29, 1.82) is 0 Å². The Bertz CT molecular complexity index is 913. The van der Waals surface area contributed by atoms with E-state index in [2.05, 4.69) is 9.88 Å². The third kappa shape index (κ3) is 5.82. The Morgan fingerprint density at radius 2 is 1.80 bits per heavy atom. The summed E-state index contributed by atoms with van der Waals surface area (Å²) in [6.07, 6.45) is 1.87. The van der Waals surface area contributed by atoms with Gasteiger partial charge in [-0.25, -0.2) is 9.78 Å². The summed E-state index contributed by atoms with van der Waals surface area (Å²) >= 11 is 0. The zero-order valence-corrected chi connectivity index (χ0v) is 17.9. The molecule has 162 valence electrons. The third-order valence-corrected chi connectivity index (χ3v) is 4.97. The summed E-state index contributed by atoms with van der Waals surface area (Å²) in [4.78, 5) is 32.7. The number of rotatable bonds is 5. The minimum atomic E-state index is -0.519. The topological polar surface area (TPSA) is 87.9 Å². The highest BCUT2D eigenvalue weighted by Gasteiger charge is 2.26. The lowest BCUT2D eigenvalue weighted by Crippen LogP contribution is -2.49. The van der Waals surface area contributed by atoms with Crippen LogP contribution in [-0.4, -0.2) is 62.3 Å². The van der Waals surface area contributed by atoms with Gasteiger partial charge in [0.25, 0.3) is 5.56 Å². The van der Waals surface area contributed by atoms with Gasteiger partial charge < -0.3 is 14.7 Å². The van der Waals surface area contributed by atoms with Crippen LogP contribution in [0.25, 0.3) is 0 Å². The van der Waals surface area contributed by atoms with Crippen molar-refractivity contribution < 1.29 is 14.6 Å². The van der Waals surface area contributed by atoms with E-state index in [4.69, 9.17) is 4.74 Å². The van der Waals surface area contributed by atoms with Gasteiger partial charge in [0.1, 0.15) is 11.3 Å². The number of carbonyl (C=O) groups is 1. The molecule has 0 bridgehead atoms. The number of amides is 1. The van der Waals surface area contributed by atoms with E-state index in [-0.39, 0.29) is 11.8 Å². The standard InChI is InChI=1S/C22H30N4O4/c1-22(2,3)30-21(29)25-13-11-24(12-14-25)15-18-19(27)20(28)26(16-23-18)10-9-17-7-5-4-6-8-17/h4-8,16,27H,9-15H2,1-3H3. The monoisotopic (exact) mass is 414 g/mol. The number of hydrogen-bond acceptors (Lipinski definition) is 6. The number of piperazine rings is 1. The van der Waals surface area contributed by atoms with Crippen LogP contribution in [-0.2, 0) is 24.2 Å². The minimum Gasteiger partial charge on any atom is -0.502 e. The van der Waals surface area contributed by atoms with Crippen molar-refractivity contribution in [2.75, 3.05) is 26.2 Å². The summed E-state index contributed by atoms with van der Waals surface area (Å²) in [5.41, 5.74) is 0.537. The molecule has 1 aromatic carbocycles. The summed E-state index contributed by atoms with van der Waals surface area (Å²) in [7, 11) is 0. The van der Waals surface area contributed by atoms with E-state index in [1.165, 1.54) is 10.9 Å². The van der Waals surface area contributed by atoms with E-state index in [9.17, 15) is 14.7 Å². The lowest BCUT2D eigenvalue weighted by atomic mass is 10.1. The van der Waals surface area contributed by atoms with Crippen LogP contribution in [0, 0.1) is 0 Å². The number of ether oxygens (including phenoxy) is 1. The van der Waals surface area contributed by atoms with Crippen molar-refractivity contribution in [2.45, 2.75) is 45.9 Å². The molecule has 8 heteroatoms. The van der Waals surface area contributed by atoms with Crippen LogP contribution in [0.15, 0.2) is 41.5 Å². The van der Waals surface area contributed by atoms with Crippen LogP contribution >= 0.6 is 0 Å². The first kappa shape index (κ1) is 21.8. The first-order chi connectivity index (χ1) is 14.2. The summed E-state index contributed by atoms with van der Waals surface area (Å²) in [6, 6.07) is 9.87. The number of aryl methyl sites for hydroxylation is 2. The lowest BCUT2D eigenvalue weighted by molar-refractivity contribution is 0.0137. The van der Waals surface area contributed by atoms with Gasteiger partial charge in [0.05, 0.1) is 6.33 Å². The van der Waals surface area contributed by atoms with Crippen molar-refractivity contribution in [3.05, 3.63) is 58.3 Å². The molecule has 3 rings (SSSR count). The van der Waals surface area contributed by atoms with E-state index < -0.39 is 11.2 Å². The molecule has 1 N–H and O–H groups in total. The maximum absolute atomic E-state index is 12.5. The van der Waals surface area contributed by atoms with E-state index in [1.54, 1.807) is 4.90 Å². The van der Waals surface area contributed by atoms with E-state index in [0.29, 0.717) is 51.4 Å². The molecule has 0 aliphatic carbocycles. The number of aromatic nitrogens is 2. The number of carbonyl (C=O) groups excluding carboxylic acids is 1. The molecule has 1 aliphatic rings. The normalized spacial score (nSPS) is 15.2. The molecular weight excluding hydrogens is 384 g/mol. The summed E-state index contributed by atoms with van der Waals surface area (Å²) in [5, 5.41) is 10.4. The quantitative estimate of drug-likeness (QED) is 0.807. The second-order valence-electron chi connectivity index (χ2n) is 8.52. The minimum absolute atomic E-state index is 0.305. The van der Waals surface area contributed by atoms with Crippen LogP contribution in [0.2, 0.25) is 0 Å². The zero-order chi connectivity index (χ0) is 21.7. The van der Waals surface area contributed by atoms with E-state index >= 15 is 0 Å². The molecule has 1 saturated heterocycles. The SMILES string of the molecule is CC(C)(C)OC(=O)N1CCN(Cc2ncn(CCc3ccccc3)c(=O)c2O)CC1. The molecule has 1 amide bonds. The molecule has 8 nitrogen and oxygen atoms in total. The van der Waals surface area contributed by atoms with Gasteiger partial charge in [0.2, 0.25) is 5.75 Å². The first-order valence-corrected chi connectivity index (χ1v) is 10.2. The van der Waals surface area contributed by atoms with Gasteiger partial charge >= 0.3 is 6.09 Å². The average Bonchev–Trinajstić information content (AvgIpc) is 2.71. The van der Waals surface area contributed by atoms with Gasteiger partial charge in [-0.05, 0) is 32.8 Å². The number of nitrogens with zero attached hydrogens (tertiary/aromatic N) is 4. The summed E-state index contributed by atoms with van der Waals surface area (Å²) in [6.45, 7) is 8.66. The van der Waals surface area contributed by atoms with Crippen LogP contribution in [0.3, 0.4) is 0 Å². The molecule has 1 aliphatic heterocycles. The van der Waals surface area contributed by atoms with Crippen molar-refractivity contribution >= 4 is 6.09 Å². The Morgan fingerprint density at radius 3 is 2.43 bits per heavy atom. The average molecular weight is 415 g/mol. The fraction of sp³-hybridized carbons (Fsp3) is 0.500. The van der Waals surface area contributed by atoms with Crippen molar-refractivity contribution in [3.8, 4) is 5.75 Å². The predicted molar refractivity (Wildman–Crippen MR) is 113 cm³/mol. The molecule has 0 unspecified atom stereocenters. The molecular formula is C22H30N4O4. The number of aromatic hydroxyl groups is 1. The second kappa shape index (κ2) is 9.30. The van der Waals surface area contributed by atoms with Gasteiger partial charge in [-0.15, -0.1) is 0 Å². The van der Waals surface area contributed by atoms with Crippen molar-refractivity contribution in [3.63, 3.8) is 0 Å². The molecule has 0 saturated carbocycles.